The fourth-order valence-corrected chi connectivity index (χ4v) is 9.12. The lowest BCUT2D eigenvalue weighted by molar-refractivity contribution is -0.133. The number of nitrogens with two attached hydrogens (primary N) is 1. The van der Waals surface area contributed by atoms with Crippen LogP contribution >= 0.6 is 23.2 Å². The molecule has 6 heterocycles. The van der Waals surface area contributed by atoms with Crippen LogP contribution < -0.4 is 15.8 Å². The van der Waals surface area contributed by atoms with Crippen LogP contribution in [0.2, 0.25) is 10.0 Å². The molecule has 2 aromatic carbocycles. The molecular formula is C39H36Cl2FN7O2. The maximum atomic E-state index is 17.2. The van der Waals surface area contributed by atoms with E-state index in [9.17, 15) is 10.1 Å². The summed E-state index contributed by atoms with van der Waals surface area (Å²) < 4.78 is 26.0. The van der Waals surface area contributed by atoms with E-state index in [0.29, 0.717) is 69.7 Å². The highest BCUT2D eigenvalue weighted by molar-refractivity contribution is 6.43. The number of amides is 1. The van der Waals surface area contributed by atoms with Gasteiger partial charge < -0.3 is 25.3 Å². The van der Waals surface area contributed by atoms with Gasteiger partial charge in [-0.1, -0.05) is 35.3 Å². The van der Waals surface area contributed by atoms with Crippen molar-refractivity contribution in [3.8, 4) is 22.9 Å². The number of anilines is 1. The van der Waals surface area contributed by atoms with Gasteiger partial charge in [-0.2, -0.15) is 5.26 Å². The third-order valence-corrected chi connectivity index (χ3v) is 12.1. The average molecular weight is 725 g/mol. The van der Waals surface area contributed by atoms with E-state index in [1.165, 1.54) is 0 Å². The van der Waals surface area contributed by atoms with E-state index in [4.69, 9.17) is 38.7 Å². The summed E-state index contributed by atoms with van der Waals surface area (Å²) in [5.74, 6) is 1.12. The topological polar surface area (TPSA) is 122 Å². The van der Waals surface area contributed by atoms with Crippen molar-refractivity contribution in [3.05, 3.63) is 81.5 Å². The average Bonchev–Trinajstić information content (AvgIpc) is 3.40. The van der Waals surface area contributed by atoms with Gasteiger partial charge in [0, 0.05) is 64.6 Å². The van der Waals surface area contributed by atoms with Crippen LogP contribution in [0.5, 0.6) is 5.75 Å². The lowest BCUT2D eigenvalue weighted by Crippen LogP contribution is -2.41. The van der Waals surface area contributed by atoms with Gasteiger partial charge in [0.2, 0.25) is 5.91 Å². The van der Waals surface area contributed by atoms with Crippen LogP contribution in [0.1, 0.15) is 61.1 Å². The number of ether oxygens (including phenoxy) is 1. The number of benzene rings is 2. The molecule has 2 bridgehead atoms. The van der Waals surface area contributed by atoms with Crippen molar-refractivity contribution < 1.29 is 13.9 Å². The highest BCUT2D eigenvalue weighted by Gasteiger charge is 2.51. The zero-order chi connectivity index (χ0) is 35.1. The molecule has 0 spiro atoms. The van der Waals surface area contributed by atoms with Gasteiger partial charge >= 0.3 is 0 Å². The van der Waals surface area contributed by atoms with E-state index in [2.05, 4.69) is 27.0 Å². The molecular weight excluding hydrogens is 688 g/mol. The van der Waals surface area contributed by atoms with Crippen molar-refractivity contribution in [2.75, 3.05) is 18.8 Å². The number of hydrogen-bond donors (Lipinski definition) is 2. The smallest absolute Gasteiger partial charge is 0.226 e. The van der Waals surface area contributed by atoms with E-state index in [-0.39, 0.29) is 53.0 Å². The molecule has 3 aromatic heterocycles. The first-order chi connectivity index (χ1) is 24.7. The number of aromatic nitrogens is 3. The molecule has 2 saturated carbocycles. The van der Waals surface area contributed by atoms with E-state index in [1.54, 1.807) is 30.5 Å². The fraction of sp³-hybridized carbons (Fsp3) is 0.385. The van der Waals surface area contributed by atoms with Crippen LogP contribution in [-0.2, 0) is 11.2 Å². The monoisotopic (exact) mass is 723 g/mol. The Hall–Kier alpha value is -4.43. The molecule has 5 atom stereocenters. The first kappa shape index (κ1) is 32.5. The molecule has 5 aromatic rings. The van der Waals surface area contributed by atoms with Crippen molar-refractivity contribution in [1.82, 2.24) is 24.8 Å². The maximum Gasteiger partial charge on any atom is 0.226 e. The second kappa shape index (κ2) is 12.4. The maximum absolute atomic E-state index is 17.2. The molecule has 3 saturated heterocycles. The number of fused-ring (bicyclic) bond motifs is 4. The minimum Gasteiger partial charge on any atom is -0.487 e. The van der Waals surface area contributed by atoms with E-state index in [0.717, 1.165) is 42.4 Å². The summed E-state index contributed by atoms with van der Waals surface area (Å²) >= 11 is 13.1. The number of hydrogen-bond acceptors (Lipinski definition) is 7. The number of nitrogens with zero attached hydrogens (tertiary/aromatic N) is 5. The number of nitriles is 1. The second-order valence-electron chi connectivity index (χ2n) is 14.5. The molecule has 5 aliphatic rings. The highest BCUT2D eigenvalue weighted by Crippen LogP contribution is 2.51. The van der Waals surface area contributed by atoms with Gasteiger partial charge in [-0.3, -0.25) is 4.79 Å². The normalized spacial score (nSPS) is 23.9. The molecule has 0 radical (unpaired) electrons. The quantitative estimate of drug-likeness (QED) is 0.168. The SMILES string of the molecule is Cc1nc2c(F)c(-c3cccc(Cl)c3Cl)c(CCC#N)cc2c2c1cc([C@H]1C[C@H](Oc3ccc(N)nc3)CN1C(=O)C1CC1)n2[C@H]1[C@H]2CN[C@@H]1C2. The van der Waals surface area contributed by atoms with Crippen molar-refractivity contribution in [2.24, 2.45) is 11.8 Å². The van der Waals surface area contributed by atoms with Crippen LogP contribution in [0.15, 0.2) is 48.7 Å². The van der Waals surface area contributed by atoms with E-state index >= 15 is 4.39 Å². The predicted octanol–water partition coefficient (Wildman–Crippen LogP) is 7.71. The van der Waals surface area contributed by atoms with Gasteiger partial charge in [-0.15, -0.1) is 0 Å². The lowest BCUT2D eigenvalue weighted by atomic mass is 9.79. The number of carbonyl (C=O) groups is 1. The molecule has 3 aliphatic heterocycles. The third kappa shape index (κ3) is 5.32. The molecule has 12 heteroatoms. The molecule has 260 valence electrons. The number of pyridine rings is 2. The van der Waals surface area contributed by atoms with Crippen LogP contribution in [0.25, 0.3) is 32.9 Å². The third-order valence-electron chi connectivity index (χ3n) is 11.3. The number of nitrogens with one attached hydrogen (secondary N) is 1. The summed E-state index contributed by atoms with van der Waals surface area (Å²) in [6.45, 7) is 3.28. The summed E-state index contributed by atoms with van der Waals surface area (Å²) in [6.07, 6.45) is 5.35. The summed E-state index contributed by atoms with van der Waals surface area (Å²) in [6, 6.07) is 15.2. The minimum atomic E-state index is -0.490. The Morgan fingerprint density at radius 3 is 2.73 bits per heavy atom. The zero-order valence-corrected chi connectivity index (χ0v) is 29.5. The summed E-state index contributed by atoms with van der Waals surface area (Å²) in [7, 11) is 0. The van der Waals surface area contributed by atoms with Crippen LogP contribution in [0.4, 0.5) is 10.2 Å². The van der Waals surface area contributed by atoms with Gasteiger partial charge in [-0.25, -0.2) is 14.4 Å². The molecule has 3 N–H and O–H groups in total. The summed E-state index contributed by atoms with van der Waals surface area (Å²) in [5, 5.41) is 15.5. The first-order valence-electron chi connectivity index (χ1n) is 17.6. The van der Waals surface area contributed by atoms with Gasteiger partial charge in [0.1, 0.15) is 23.2 Å². The number of nitrogen functional groups attached to an aromatic ring is 1. The Labute approximate surface area is 304 Å². The number of carbonyl (C=O) groups excluding carboxylic acids is 1. The Morgan fingerprint density at radius 1 is 1.18 bits per heavy atom. The van der Waals surface area contributed by atoms with E-state index in [1.807, 2.05) is 24.0 Å². The first-order valence-corrected chi connectivity index (χ1v) is 18.4. The van der Waals surface area contributed by atoms with Crippen molar-refractivity contribution in [2.45, 2.75) is 69.7 Å². The largest absolute Gasteiger partial charge is 0.487 e. The predicted molar refractivity (Wildman–Crippen MR) is 195 cm³/mol. The molecule has 9 nitrogen and oxygen atoms in total. The fourth-order valence-electron chi connectivity index (χ4n) is 8.72. The number of aryl methyl sites for hydroxylation is 2. The molecule has 51 heavy (non-hydrogen) atoms. The standard InChI is InChI=1S/C39H36Cl2FN7O2/c1-19-26-15-31(30-14-24(18-48(30)39(50)20-7-8-20)51-23-9-10-32(44)46-17-23)49(37-22-13-29(37)45-16-22)38(26)27-12-21(4-3-11-43)33(35(42)36(27)47-19)25-5-2-6-28(40)34(25)41/h2,5-6,9-10,12,15,17,20,22,24,29-30,37,45H,3-4,7-8,13-14,16,18H2,1H3,(H2,44,46)/t22-,24+,29-,30-,37+/m1/s1. The lowest BCUT2D eigenvalue weighted by Gasteiger charge is -2.39. The Morgan fingerprint density at radius 2 is 2.02 bits per heavy atom. The van der Waals surface area contributed by atoms with Gasteiger partial charge in [0.25, 0.3) is 0 Å². The Balaban J connectivity index is 1.26. The summed E-state index contributed by atoms with van der Waals surface area (Å²) in [4.78, 5) is 25.1. The van der Waals surface area contributed by atoms with Crippen LogP contribution in [0.3, 0.4) is 0 Å². The van der Waals surface area contributed by atoms with Crippen LogP contribution in [-0.4, -0.2) is 50.6 Å². The molecule has 10 rings (SSSR count). The Bertz CT molecular complexity index is 2270. The number of rotatable bonds is 8. The summed E-state index contributed by atoms with van der Waals surface area (Å²) in [5.41, 5.74) is 10.1. The minimum absolute atomic E-state index is 0.0292. The van der Waals surface area contributed by atoms with Gasteiger partial charge in [0.05, 0.1) is 46.5 Å². The van der Waals surface area contributed by atoms with Crippen molar-refractivity contribution >= 4 is 56.7 Å². The van der Waals surface area contributed by atoms with Gasteiger partial charge in [0.15, 0.2) is 5.82 Å². The molecule has 0 unspecified atom stereocenters. The molecule has 2 aliphatic carbocycles. The molecule has 5 fully saturated rings. The van der Waals surface area contributed by atoms with Gasteiger partial charge in [-0.05, 0) is 74.4 Å². The number of halogens is 3. The van der Waals surface area contributed by atoms with Crippen molar-refractivity contribution in [1.29, 1.82) is 5.26 Å². The molecule has 1 amide bonds. The van der Waals surface area contributed by atoms with Crippen molar-refractivity contribution in [3.63, 3.8) is 0 Å². The Kier molecular flexibility index (Phi) is 7.87. The highest BCUT2D eigenvalue weighted by atomic mass is 35.5. The zero-order valence-electron chi connectivity index (χ0n) is 28.0. The second-order valence-corrected chi connectivity index (χ2v) is 15.2. The van der Waals surface area contributed by atoms with Crippen LogP contribution in [0, 0.1) is 35.9 Å². The number of likely N-dealkylation sites (tertiary alicyclic amines) is 1. The van der Waals surface area contributed by atoms with E-state index < -0.39 is 5.82 Å².